The van der Waals surface area contributed by atoms with Gasteiger partial charge in [-0.3, -0.25) is 9.59 Å². The predicted octanol–water partition coefficient (Wildman–Crippen LogP) is 5.24. The van der Waals surface area contributed by atoms with Gasteiger partial charge in [-0.15, -0.1) is 0 Å². The molecule has 1 unspecified atom stereocenters. The van der Waals surface area contributed by atoms with E-state index in [1.54, 1.807) is 0 Å². The van der Waals surface area contributed by atoms with E-state index in [1.165, 1.54) is 6.42 Å². The van der Waals surface area contributed by atoms with Crippen molar-refractivity contribution in [3.05, 3.63) is 60.4 Å². The number of anilines is 1. The highest BCUT2D eigenvalue weighted by Crippen LogP contribution is 2.26. The van der Waals surface area contributed by atoms with E-state index in [1.807, 2.05) is 84.8 Å². The number of para-hydroxylation sites is 3. The second kappa shape index (κ2) is 10.2. The third-order valence-electron chi connectivity index (χ3n) is 6.52. The number of carbonyl (C=O) groups is 2. The first-order valence-corrected chi connectivity index (χ1v) is 12.1. The summed E-state index contributed by atoms with van der Waals surface area (Å²) in [5.74, 6) is 0.882. The van der Waals surface area contributed by atoms with Crippen molar-refractivity contribution >= 4 is 28.5 Å². The first kappa shape index (κ1) is 23.0. The molecule has 1 heterocycles. The molecular formula is C27H34N4O2. The fourth-order valence-electron chi connectivity index (χ4n) is 4.88. The molecule has 33 heavy (non-hydrogen) atoms. The minimum atomic E-state index is -0.288. The molecule has 1 aromatic heterocycles. The number of benzene rings is 2. The summed E-state index contributed by atoms with van der Waals surface area (Å²) in [7, 11) is 0. The van der Waals surface area contributed by atoms with Gasteiger partial charge in [0.15, 0.2) is 0 Å². The molecule has 1 aliphatic carbocycles. The minimum Gasteiger partial charge on any atom is -0.346 e. The lowest BCUT2D eigenvalue weighted by Crippen LogP contribution is -2.40. The highest BCUT2D eigenvalue weighted by molar-refractivity contribution is 5.94. The Balaban J connectivity index is 1.62. The third kappa shape index (κ3) is 5.10. The number of amides is 2. The van der Waals surface area contributed by atoms with Crippen molar-refractivity contribution in [2.24, 2.45) is 5.92 Å². The Labute approximate surface area is 196 Å². The van der Waals surface area contributed by atoms with Crippen LogP contribution < -0.4 is 10.2 Å². The molecule has 6 heteroatoms. The summed E-state index contributed by atoms with van der Waals surface area (Å²) in [6, 6.07) is 17.3. The fourth-order valence-corrected chi connectivity index (χ4v) is 4.88. The molecule has 3 aromatic rings. The van der Waals surface area contributed by atoms with Crippen LogP contribution in [0.4, 0.5) is 5.69 Å². The second-order valence-electron chi connectivity index (χ2n) is 9.30. The highest BCUT2D eigenvalue weighted by atomic mass is 16.2. The van der Waals surface area contributed by atoms with Crippen LogP contribution in [-0.4, -0.2) is 27.4 Å². The maximum absolute atomic E-state index is 13.5. The number of fused-ring (bicyclic) bond motifs is 1. The van der Waals surface area contributed by atoms with Crippen LogP contribution in [0.5, 0.6) is 0 Å². The van der Waals surface area contributed by atoms with Gasteiger partial charge in [0.1, 0.15) is 12.4 Å². The summed E-state index contributed by atoms with van der Waals surface area (Å²) in [6.45, 7) is 6.16. The number of nitrogens with one attached hydrogen (secondary N) is 1. The van der Waals surface area contributed by atoms with Crippen molar-refractivity contribution < 1.29 is 9.59 Å². The van der Waals surface area contributed by atoms with Gasteiger partial charge < -0.3 is 14.8 Å². The molecule has 2 aromatic carbocycles. The van der Waals surface area contributed by atoms with Crippen LogP contribution >= 0.6 is 0 Å². The van der Waals surface area contributed by atoms with Crippen LogP contribution in [0, 0.1) is 5.92 Å². The number of nitrogens with zero attached hydrogens (tertiary/aromatic N) is 3. The standard InChI is InChI=1S/C27H34N4O2/c1-19(2)31(22-14-8-5-9-15-22)25(32)18-30-24-17-11-10-16-23(24)29-26(30)20(3)28-27(33)21-12-6-4-7-13-21/h5,8-11,14-17,19-21H,4,6-7,12-13,18H2,1-3H3,(H,28,33). The number of aromatic nitrogens is 2. The zero-order chi connectivity index (χ0) is 23.4. The third-order valence-corrected chi connectivity index (χ3v) is 6.52. The minimum absolute atomic E-state index is 0.00795. The number of carbonyl (C=O) groups excluding carboxylic acids is 2. The van der Waals surface area contributed by atoms with Gasteiger partial charge in [0, 0.05) is 17.6 Å². The van der Waals surface area contributed by atoms with Crippen molar-refractivity contribution in [3.63, 3.8) is 0 Å². The summed E-state index contributed by atoms with van der Waals surface area (Å²) in [5.41, 5.74) is 2.60. The average molecular weight is 447 g/mol. The lowest BCUT2D eigenvalue weighted by atomic mass is 9.88. The molecule has 6 nitrogen and oxygen atoms in total. The smallest absolute Gasteiger partial charge is 0.247 e. The normalized spacial score (nSPS) is 15.5. The molecule has 1 atom stereocenters. The summed E-state index contributed by atoms with van der Waals surface area (Å²) in [5, 5.41) is 3.18. The Bertz CT molecular complexity index is 1100. The fraction of sp³-hybridized carbons (Fsp3) is 0.444. The Morgan fingerprint density at radius 2 is 1.67 bits per heavy atom. The summed E-state index contributed by atoms with van der Waals surface area (Å²) in [4.78, 5) is 33.1. The van der Waals surface area contributed by atoms with E-state index in [-0.39, 0.29) is 36.4 Å². The van der Waals surface area contributed by atoms with Crippen molar-refractivity contribution in [2.45, 2.75) is 71.5 Å². The Hall–Kier alpha value is -3.15. The van der Waals surface area contributed by atoms with E-state index in [0.717, 1.165) is 42.4 Å². The highest BCUT2D eigenvalue weighted by Gasteiger charge is 2.27. The molecule has 0 radical (unpaired) electrons. The van der Waals surface area contributed by atoms with Crippen molar-refractivity contribution in [1.29, 1.82) is 0 Å². The molecule has 0 saturated heterocycles. The van der Waals surface area contributed by atoms with Crippen LogP contribution in [0.3, 0.4) is 0 Å². The SMILES string of the molecule is CC(NC(=O)C1CCCCC1)c1nc2ccccc2n1CC(=O)N(c1ccccc1)C(C)C. The van der Waals surface area contributed by atoms with Crippen molar-refractivity contribution in [1.82, 2.24) is 14.9 Å². The second-order valence-corrected chi connectivity index (χ2v) is 9.30. The average Bonchev–Trinajstić information content (AvgIpc) is 3.18. The van der Waals surface area contributed by atoms with Gasteiger partial charge in [-0.2, -0.15) is 0 Å². The van der Waals surface area contributed by atoms with Crippen LogP contribution in [0.15, 0.2) is 54.6 Å². The molecule has 0 aliphatic heterocycles. The number of hydrogen-bond acceptors (Lipinski definition) is 3. The van der Waals surface area contributed by atoms with Gasteiger partial charge >= 0.3 is 0 Å². The molecule has 4 rings (SSSR count). The van der Waals surface area contributed by atoms with Gasteiger partial charge in [0.05, 0.1) is 17.1 Å². The van der Waals surface area contributed by atoms with E-state index in [0.29, 0.717) is 5.82 Å². The predicted molar refractivity (Wildman–Crippen MR) is 132 cm³/mol. The first-order chi connectivity index (χ1) is 16.0. The van der Waals surface area contributed by atoms with E-state index in [9.17, 15) is 9.59 Å². The van der Waals surface area contributed by atoms with Crippen LogP contribution in [0.2, 0.25) is 0 Å². The summed E-state index contributed by atoms with van der Waals surface area (Å²) < 4.78 is 1.96. The number of hydrogen-bond donors (Lipinski definition) is 1. The zero-order valence-electron chi connectivity index (χ0n) is 19.8. The Morgan fingerprint density at radius 3 is 2.36 bits per heavy atom. The zero-order valence-corrected chi connectivity index (χ0v) is 19.8. The Morgan fingerprint density at radius 1 is 1.00 bits per heavy atom. The van der Waals surface area contributed by atoms with Gasteiger partial charge in [0.25, 0.3) is 0 Å². The first-order valence-electron chi connectivity index (χ1n) is 12.1. The lowest BCUT2D eigenvalue weighted by molar-refractivity contribution is -0.126. The van der Waals surface area contributed by atoms with Gasteiger partial charge in [-0.1, -0.05) is 49.6 Å². The molecule has 0 spiro atoms. The van der Waals surface area contributed by atoms with Crippen LogP contribution in [0.25, 0.3) is 11.0 Å². The van der Waals surface area contributed by atoms with E-state index in [4.69, 9.17) is 4.98 Å². The van der Waals surface area contributed by atoms with Crippen LogP contribution in [0.1, 0.15) is 64.7 Å². The topological polar surface area (TPSA) is 67.2 Å². The number of imidazole rings is 1. The van der Waals surface area contributed by atoms with Crippen molar-refractivity contribution in [3.8, 4) is 0 Å². The van der Waals surface area contributed by atoms with Gasteiger partial charge in [0.2, 0.25) is 11.8 Å². The van der Waals surface area contributed by atoms with Gasteiger partial charge in [-0.05, 0) is 57.9 Å². The summed E-state index contributed by atoms with van der Waals surface area (Å²) in [6.07, 6.45) is 5.35. The lowest BCUT2D eigenvalue weighted by Gasteiger charge is -2.28. The largest absolute Gasteiger partial charge is 0.346 e. The monoisotopic (exact) mass is 446 g/mol. The maximum Gasteiger partial charge on any atom is 0.247 e. The molecule has 2 amide bonds. The Kier molecular flexibility index (Phi) is 7.11. The molecule has 174 valence electrons. The van der Waals surface area contributed by atoms with E-state index in [2.05, 4.69) is 5.32 Å². The molecule has 1 aliphatic rings. The van der Waals surface area contributed by atoms with E-state index >= 15 is 0 Å². The molecule has 1 saturated carbocycles. The molecule has 1 fully saturated rings. The molecular weight excluding hydrogens is 412 g/mol. The molecule has 0 bridgehead atoms. The van der Waals surface area contributed by atoms with Gasteiger partial charge in [-0.25, -0.2) is 4.98 Å². The quantitative estimate of drug-likeness (QED) is 0.540. The van der Waals surface area contributed by atoms with Crippen molar-refractivity contribution in [2.75, 3.05) is 4.90 Å². The number of rotatable bonds is 7. The molecule has 1 N–H and O–H groups in total. The maximum atomic E-state index is 13.5. The van der Waals surface area contributed by atoms with Crippen LogP contribution in [-0.2, 0) is 16.1 Å². The summed E-state index contributed by atoms with van der Waals surface area (Å²) >= 11 is 0. The van der Waals surface area contributed by atoms with E-state index < -0.39 is 0 Å².